The van der Waals surface area contributed by atoms with Gasteiger partial charge in [0.05, 0.1) is 0 Å². The molecule has 0 fully saturated rings. The molecule has 0 aliphatic carbocycles. The van der Waals surface area contributed by atoms with Gasteiger partial charge in [0.1, 0.15) is 5.54 Å². The van der Waals surface area contributed by atoms with Crippen LogP contribution in [0, 0.1) is 0 Å². The highest BCUT2D eigenvalue weighted by molar-refractivity contribution is 5.76. The summed E-state index contributed by atoms with van der Waals surface area (Å²) in [5.74, 6) is -0.756. The third-order valence-corrected chi connectivity index (χ3v) is 2.67. The van der Waals surface area contributed by atoms with Crippen molar-refractivity contribution in [2.45, 2.75) is 32.2 Å². The molecule has 0 saturated carbocycles. The summed E-state index contributed by atoms with van der Waals surface area (Å²) in [6.07, 6.45) is 4.82. The van der Waals surface area contributed by atoms with Gasteiger partial charge in [0.2, 0.25) is 0 Å². The minimum Gasteiger partial charge on any atom is -0.479 e. The van der Waals surface area contributed by atoms with Gasteiger partial charge in [-0.3, -0.25) is 0 Å². The fourth-order valence-corrected chi connectivity index (χ4v) is 1.65. The van der Waals surface area contributed by atoms with Crippen LogP contribution in [-0.2, 0) is 10.3 Å². The summed E-state index contributed by atoms with van der Waals surface area (Å²) in [4.78, 5) is 11.2. The van der Waals surface area contributed by atoms with Gasteiger partial charge < -0.3 is 9.67 Å². The van der Waals surface area contributed by atoms with E-state index in [0.717, 1.165) is 0 Å². The molecule has 1 heterocycles. The highest BCUT2D eigenvalue weighted by atomic mass is 16.4. The molecule has 0 aliphatic rings. The number of carbonyl (C=O) groups is 1. The van der Waals surface area contributed by atoms with Gasteiger partial charge in [0.25, 0.3) is 0 Å². The third kappa shape index (κ3) is 1.46. The summed E-state index contributed by atoms with van der Waals surface area (Å²) in [6, 6.07) is 3.70. The van der Waals surface area contributed by atoms with Crippen LogP contribution in [0.1, 0.15) is 26.7 Å². The van der Waals surface area contributed by atoms with Crippen LogP contribution in [0.5, 0.6) is 0 Å². The zero-order valence-electron chi connectivity index (χ0n) is 8.03. The molecule has 0 saturated heterocycles. The second-order valence-corrected chi connectivity index (χ2v) is 3.13. The van der Waals surface area contributed by atoms with Crippen LogP contribution in [-0.4, -0.2) is 15.6 Å². The molecule has 3 nitrogen and oxygen atoms in total. The number of nitrogens with zero attached hydrogens (tertiary/aromatic N) is 1. The molecule has 0 unspecified atom stereocenters. The molecule has 1 N–H and O–H groups in total. The lowest BCUT2D eigenvalue weighted by atomic mass is 9.93. The van der Waals surface area contributed by atoms with Gasteiger partial charge in [-0.15, -0.1) is 0 Å². The van der Waals surface area contributed by atoms with Crippen molar-refractivity contribution in [2.24, 2.45) is 0 Å². The van der Waals surface area contributed by atoms with Crippen molar-refractivity contribution in [3.8, 4) is 0 Å². The molecule has 0 atom stereocenters. The van der Waals surface area contributed by atoms with Crippen LogP contribution in [0.15, 0.2) is 24.5 Å². The molecule has 0 radical (unpaired) electrons. The maximum absolute atomic E-state index is 11.2. The molecular formula is C10H15NO2. The smallest absolute Gasteiger partial charge is 0.329 e. The molecule has 72 valence electrons. The number of aliphatic carboxylic acids is 1. The van der Waals surface area contributed by atoms with Gasteiger partial charge in [-0.1, -0.05) is 13.8 Å². The summed E-state index contributed by atoms with van der Waals surface area (Å²) in [5.41, 5.74) is -0.760. The standard InChI is InChI=1S/C10H15NO2/c1-3-10(4-2,9(12)13)11-7-5-6-8-11/h5-8H,3-4H2,1-2H3,(H,12,13). The van der Waals surface area contributed by atoms with E-state index in [0.29, 0.717) is 12.8 Å². The second-order valence-electron chi connectivity index (χ2n) is 3.13. The lowest BCUT2D eigenvalue weighted by Gasteiger charge is -2.28. The molecule has 3 heteroatoms. The van der Waals surface area contributed by atoms with Gasteiger partial charge in [-0.05, 0) is 25.0 Å². The summed E-state index contributed by atoms with van der Waals surface area (Å²) in [6.45, 7) is 3.80. The van der Waals surface area contributed by atoms with Gasteiger partial charge in [0.15, 0.2) is 0 Å². The highest BCUT2D eigenvalue weighted by Crippen LogP contribution is 2.25. The van der Waals surface area contributed by atoms with Crippen LogP contribution in [0.3, 0.4) is 0 Å². The molecule has 0 aliphatic heterocycles. The molecule has 13 heavy (non-hydrogen) atoms. The molecule has 1 rings (SSSR count). The summed E-state index contributed by atoms with van der Waals surface area (Å²) in [7, 11) is 0. The Balaban J connectivity index is 3.11. The molecule has 1 aromatic rings. The van der Waals surface area contributed by atoms with Gasteiger partial charge in [-0.2, -0.15) is 0 Å². The van der Waals surface area contributed by atoms with E-state index in [1.807, 2.05) is 26.0 Å². The predicted octanol–water partition coefficient (Wildman–Crippen LogP) is 2.09. The van der Waals surface area contributed by atoms with Crippen molar-refractivity contribution >= 4 is 5.97 Å². The Morgan fingerprint density at radius 1 is 1.31 bits per heavy atom. The van der Waals surface area contributed by atoms with Gasteiger partial charge in [-0.25, -0.2) is 4.79 Å². The minimum absolute atomic E-state index is 0.605. The number of hydrogen-bond acceptors (Lipinski definition) is 1. The first-order valence-electron chi connectivity index (χ1n) is 4.54. The summed E-state index contributed by atoms with van der Waals surface area (Å²) in [5, 5.41) is 9.17. The number of hydrogen-bond donors (Lipinski definition) is 1. The lowest BCUT2D eigenvalue weighted by Crippen LogP contribution is -2.39. The quantitative estimate of drug-likeness (QED) is 0.772. The van der Waals surface area contributed by atoms with E-state index in [2.05, 4.69) is 0 Å². The van der Waals surface area contributed by atoms with E-state index in [1.54, 1.807) is 17.0 Å². The molecule has 0 amide bonds. The molecule has 0 aromatic carbocycles. The second kappa shape index (κ2) is 3.64. The first-order valence-corrected chi connectivity index (χ1v) is 4.54. The fraction of sp³-hybridized carbons (Fsp3) is 0.500. The SMILES string of the molecule is CCC(CC)(C(=O)O)n1cccc1. The Hall–Kier alpha value is -1.25. The predicted molar refractivity (Wildman–Crippen MR) is 50.6 cm³/mol. The van der Waals surface area contributed by atoms with Crippen molar-refractivity contribution in [1.82, 2.24) is 4.57 Å². The number of carboxylic acids is 1. The lowest BCUT2D eigenvalue weighted by molar-refractivity contribution is -0.148. The van der Waals surface area contributed by atoms with E-state index in [1.165, 1.54) is 0 Å². The van der Waals surface area contributed by atoms with E-state index < -0.39 is 11.5 Å². The Morgan fingerprint density at radius 2 is 1.77 bits per heavy atom. The van der Waals surface area contributed by atoms with Gasteiger partial charge >= 0.3 is 5.97 Å². The van der Waals surface area contributed by atoms with E-state index >= 15 is 0 Å². The van der Waals surface area contributed by atoms with Crippen LogP contribution in [0.2, 0.25) is 0 Å². The topological polar surface area (TPSA) is 42.2 Å². The van der Waals surface area contributed by atoms with E-state index in [-0.39, 0.29) is 0 Å². The summed E-state index contributed by atoms with van der Waals surface area (Å²) >= 11 is 0. The first kappa shape index (κ1) is 9.84. The summed E-state index contributed by atoms with van der Waals surface area (Å²) < 4.78 is 1.77. The van der Waals surface area contributed by atoms with Crippen LogP contribution >= 0.6 is 0 Å². The highest BCUT2D eigenvalue weighted by Gasteiger charge is 2.35. The zero-order chi connectivity index (χ0) is 9.90. The molecule has 0 bridgehead atoms. The average molecular weight is 181 g/mol. The minimum atomic E-state index is -0.760. The van der Waals surface area contributed by atoms with E-state index in [9.17, 15) is 9.90 Å². The van der Waals surface area contributed by atoms with Crippen LogP contribution in [0.4, 0.5) is 0 Å². The molecule has 0 spiro atoms. The van der Waals surface area contributed by atoms with Crippen LogP contribution in [0.25, 0.3) is 0 Å². The van der Waals surface area contributed by atoms with Crippen molar-refractivity contribution in [2.75, 3.05) is 0 Å². The van der Waals surface area contributed by atoms with Crippen LogP contribution < -0.4 is 0 Å². The normalized spacial score (nSPS) is 11.5. The number of carboxylic acid groups (broad SMARTS) is 1. The molecular weight excluding hydrogens is 166 g/mol. The Bertz CT molecular complexity index is 273. The van der Waals surface area contributed by atoms with Gasteiger partial charge in [0, 0.05) is 12.4 Å². The first-order chi connectivity index (χ1) is 6.17. The Morgan fingerprint density at radius 3 is 2.08 bits per heavy atom. The Labute approximate surface area is 78.0 Å². The Kier molecular flexibility index (Phi) is 2.76. The number of aromatic nitrogens is 1. The van der Waals surface area contributed by atoms with Crippen molar-refractivity contribution in [3.05, 3.63) is 24.5 Å². The maximum Gasteiger partial charge on any atom is 0.329 e. The monoisotopic (exact) mass is 181 g/mol. The average Bonchev–Trinajstić information content (AvgIpc) is 2.60. The van der Waals surface area contributed by atoms with Crippen molar-refractivity contribution < 1.29 is 9.90 Å². The zero-order valence-corrected chi connectivity index (χ0v) is 8.03. The van der Waals surface area contributed by atoms with Crippen molar-refractivity contribution in [1.29, 1.82) is 0 Å². The largest absolute Gasteiger partial charge is 0.479 e. The van der Waals surface area contributed by atoms with Crippen molar-refractivity contribution in [3.63, 3.8) is 0 Å². The van der Waals surface area contributed by atoms with E-state index in [4.69, 9.17) is 0 Å². The third-order valence-electron chi connectivity index (χ3n) is 2.67. The maximum atomic E-state index is 11.2. The molecule has 1 aromatic heterocycles. The number of rotatable bonds is 4. The fourth-order valence-electron chi connectivity index (χ4n) is 1.65.